The molecule has 3 rings (SSSR count). The topological polar surface area (TPSA) is 69.9 Å². The summed E-state index contributed by atoms with van der Waals surface area (Å²) in [6.07, 6.45) is 3.41. The van der Waals surface area contributed by atoms with Crippen LogP contribution in [-0.4, -0.2) is 32.3 Å². The van der Waals surface area contributed by atoms with Gasteiger partial charge in [0.15, 0.2) is 5.65 Å². The molecule has 0 saturated carbocycles. The first-order chi connectivity index (χ1) is 11.5. The van der Waals surface area contributed by atoms with Crippen molar-refractivity contribution in [3.05, 3.63) is 41.9 Å². The monoisotopic (exact) mass is 324 g/mol. The maximum atomic E-state index is 12.5. The molecule has 0 fully saturated rings. The van der Waals surface area contributed by atoms with Crippen LogP contribution in [0, 0.1) is 6.92 Å². The molecule has 6 nitrogen and oxygen atoms in total. The quantitative estimate of drug-likeness (QED) is 0.686. The molecule has 0 amide bonds. The first kappa shape index (κ1) is 16.1. The van der Waals surface area contributed by atoms with E-state index in [4.69, 9.17) is 9.72 Å². The van der Waals surface area contributed by atoms with E-state index in [0.29, 0.717) is 23.5 Å². The van der Waals surface area contributed by atoms with E-state index in [9.17, 15) is 4.79 Å². The minimum Gasteiger partial charge on any atom is -0.462 e. The van der Waals surface area contributed by atoms with Gasteiger partial charge in [0, 0.05) is 24.0 Å². The Hall–Kier alpha value is -2.76. The van der Waals surface area contributed by atoms with Crippen LogP contribution < -0.4 is 0 Å². The fourth-order valence-corrected chi connectivity index (χ4v) is 2.71. The zero-order valence-corrected chi connectivity index (χ0v) is 14.3. The first-order valence-corrected chi connectivity index (χ1v) is 8.00. The lowest BCUT2D eigenvalue weighted by molar-refractivity contribution is 0.0528. The Labute approximate surface area is 140 Å². The lowest BCUT2D eigenvalue weighted by atomic mass is 10.1. The fraction of sp³-hybridized carbons (Fsp3) is 0.333. The van der Waals surface area contributed by atoms with Gasteiger partial charge in [0.1, 0.15) is 0 Å². The van der Waals surface area contributed by atoms with E-state index in [1.54, 1.807) is 25.4 Å². The number of ether oxygens (including phenoxy) is 1. The standard InChI is InChI=1S/C18H20N4O2/c1-5-24-18(23)14-10-15(13-6-8-19-9-7-13)20-17-16(14)12(4)21-22(17)11(2)3/h6-11H,5H2,1-4H3. The third kappa shape index (κ3) is 2.75. The van der Waals surface area contributed by atoms with Crippen LogP contribution in [0.3, 0.4) is 0 Å². The van der Waals surface area contributed by atoms with Crippen LogP contribution >= 0.6 is 0 Å². The van der Waals surface area contributed by atoms with E-state index < -0.39 is 0 Å². The number of carbonyl (C=O) groups is 1. The van der Waals surface area contributed by atoms with Crippen molar-refractivity contribution in [2.45, 2.75) is 33.7 Å². The van der Waals surface area contributed by atoms with Gasteiger partial charge in [-0.25, -0.2) is 14.5 Å². The van der Waals surface area contributed by atoms with Gasteiger partial charge in [0.2, 0.25) is 0 Å². The highest BCUT2D eigenvalue weighted by molar-refractivity contribution is 6.05. The Bertz CT molecular complexity index is 885. The SMILES string of the molecule is CCOC(=O)c1cc(-c2ccncc2)nc2c1c(C)nn2C(C)C. The number of esters is 1. The molecule has 0 saturated heterocycles. The van der Waals surface area contributed by atoms with Crippen molar-refractivity contribution >= 4 is 17.0 Å². The van der Waals surface area contributed by atoms with E-state index in [2.05, 4.69) is 10.1 Å². The van der Waals surface area contributed by atoms with Gasteiger partial charge in [-0.05, 0) is 45.9 Å². The minimum absolute atomic E-state index is 0.136. The van der Waals surface area contributed by atoms with Gasteiger partial charge in [0.05, 0.1) is 28.9 Å². The van der Waals surface area contributed by atoms with Gasteiger partial charge in [-0.3, -0.25) is 4.98 Å². The lowest BCUT2D eigenvalue weighted by Crippen LogP contribution is -2.08. The Kier molecular flexibility index (Phi) is 4.29. The molecule has 0 unspecified atom stereocenters. The van der Waals surface area contributed by atoms with Crippen molar-refractivity contribution in [1.82, 2.24) is 19.7 Å². The van der Waals surface area contributed by atoms with Crippen molar-refractivity contribution < 1.29 is 9.53 Å². The molecule has 0 aliphatic rings. The lowest BCUT2D eigenvalue weighted by Gasteiger charge is -2.10. The third-order valence-corrected chi connectivity index (χ3v) is 3.80. The Morgan fingerprint density at radius 3 is 2.62 bits per heavy atom. The minimum atomic E-state index is -0.355. The number of hydrogen-bond donors (Lipinski definition) is 0. The average Bonchev–Trinajstić information content (AvgIpc) is 2.92. The number of rotatable bonds is 4. The molecule has 3 heterocycles. The highest BCUT2D eigenvalue weighted by atomic mass is 16.5. The van der Waals surface area contributed by atoms with Crippen LogP contribution in [0.4, 0.5) is 0 Å². The van der Waals surface area contributed by atoms with Crippen molar-refractivity contribution in [1.29, 1.82) is 0 Å². The summed E-state index contributed by atoms with van der Waals surface area (Å²) < 4.78 is 7.08. The van der Waals surface area contributed by atoms with E-state index >= 15 is 0 Å². The molecule has 0 aromatic carbocycles. The van der Waals surface area contributed by atoms with Crippen molar-refractivity contribution in [3.63, 3.8) is 0 Å². The van der Waals surface area contributed by atoms with Gasteiger partial charge in [-0.2, -0.15) is 5.10 Å². The molecule has 0 aliphatic carbocycles. The number of aryl methyl sites for hydroxylation is 1. The van der Waals surface area contributed by atoms with Crippen LogP contribution in [0.2, 0.25) is 0 Å². The normalized spacial score (nSPS) is 11.2. The van der Waals surface area contributed by atoms with Gasteiger partial charge >= 0.3 is 5.97 Å². The summed E-state index contributed by atoms with van der Waals surface area (Å²) in [7, 11) is 0. The average molecular weight is 324 g/mol. The number of carbonyl (C=O) groups excluding carboxylic acids is 1. The van der Waals surface area contributed by atoms with Gasteiger partial charge in [-0.15, -0.1) is 0 Å². The number of fused-ring (bicyclic) bond motifs is 1. The van der Waals surface area contributed by atoms with E-state index in [-0.39, 0.29) is 12.0 Å². The molecule has 124 valence electrons. The fourth-order valence-electron chi connectivity index (χ4n) is 2.71. The Morgan fingerprint density at radius 1 is 1.29 bits per heavy atom. The molecule has 3 aromatic rings. The maximum absolute atomic E-state index is 12.5. The molecular formula is C18H20N4O2. The molecular weight excluding hydrogens is 304 g/mol. The second-order valence-electron chi connectivity index (χ2n) is 5.83. The molecule has 0 N–H and O–H groups in total. The van der Waals surface area contributed by atoms with Gasteiger partial charge < -0.3 is 4.74 Å². The number of hydrogen-bond acceptors (Lipinski definition) is 5. The Morgan fingerprint density at radius 2 is 2.00 bits per heavy atom. The molecule has 0 atom stereocenters. The van der Waals surface area contributed by atoms with E-state index in [1.807, 2.05) is 37.6 Å². The van der Waals surface area contributed by atoms with Gasteiger partial charge in [-0.1, -0.05) is 0 Å². The molecule has 0 spiro atoms. The highest BCUT2D eigenvalue weighted by Crippen LogP contribution is 2.28. The molecule has 24 heavy (non-hydrogen) atoms. The second-order valence-corrected chi connectivity index (χ2v) is 5.83. The summed E-state index contributed by atoms with van der Waals surface area (Å²) in [4.78, 5) is 21.3. The molecule has 3 aromatic heterocycles. The smallest absolute Gasteiger partial charge is 0.339 e. The number of nitrogens with zero attached hydrogens (tertiary/aromatic N) is 4. The van der Waals surface area contributed by atoms with Gasteiger partial charge in [0.25, 0.3) is 0 Å². The molecule has 0 radical (unpaired) electrons. The molecule has 0 aliphatic heterocycles. The van der Waals surface area contributed by atoms with Crippen LogP contribution in [0.25, 0.3) is 22.3 Å². The predicted octanol–water partition coefficient (Wildman–Crippen LogP) is 3.56. The van der Waals surface area contributed by atoms with Crippen LogP contribution in [0.5, 0.6) is 0 Å². The highest BCUT2D eigenvalue weighted by Gasteiger charge is 2.21. The largest absolute Gasteiger partial charge is 0.462 e. The van der Waals surface area contributed by atoms with Crippen molar-refractivity contribution in [2.24, 2.45) is 0 Å². The second kappa shape index (κ2) is 6.39. The van der Waals surface area contributed by atoms with Crippen LogP contribution in [0.15, 0.2) is 30.6 Å². The van der Waals surface area contributed by atoms with Crippen molar-refractivity contribution in [3.8, 4) is 11.3 Å². The Balaban J connectivity index is 2.32. The maximum Gasteiger partial charge on any atom is 0.339 e. The van der Waals surface area contributed by atoms with E-state index in [1.165, 1.54) is 0 Å². The summed E-state index contributed by atoms with van der Waals surface area (Å²) in [6, 6.07) is 5.64. The summed E-state index contributed by atoms with van der Waals surface area (Å²) >= 11 is 0. The van der Waals surface area contributed by atoms with E-state index in [0.717, 1.165) is 16.6 Å². The van der Waals surface area contributed by atoms with Crippen LogP contribution in [-0.2, 0) is 4.74 Å². The summed E-state index contributed by atoms with van der Waals surface area (Å²) in [5.74, 6) is -0.355. The number of pyridine rings is 2. The number of aromatic nitrogens is 4. The third-order valence-electron chi connectivity index (χ3n) is 3.80. The molecule has 6 heteroatoms. The summed E-state index contributed by atoms with van der Waals surface area (Å²) in [5.41, 5.74) is 3.56. The van der Waals surface area contributed by atoms with Crippen molar-refractivity contribution in [2.75, 3.05) is 6.61 Å². The summed E-state index contributed by atoms with van der Waals surface area (Å²) in [6.45, 7) is 8.08. The predicted molar refractivity (Wildman–Crippen MR) is 91.8 cm³/mol. The zero-order chi connectivity index (χ0) is 17.3. The molecule has 0 bridgehead atoms. The van der Waals surface area contributed by atoms with Crippen LogP contribution in [0.1, 0.15) is 42.9 Å². The first-order valence-electron chi connectivity index (χ1n) is 8.00. The summed E-state index contributed by atoms with van der Waals surface area (Å²) in [5, 5.41) is 5.31. The zero-order valence-electron chi connectivity index (χ0n) is 14.3.